The van der Waals surface area contributed by atoms with Crippen molar-refractivity contribution in [2.45, 2.75) is 20.0 Å². The molecule has 0 aromatic heterocycles. The maximum atomic E-state index is 11.6. The van der Waals surface area contributed by atoms with E-state index in [1.807, 2.05) is 18.2 Å². The third kappa shape index (κ3) is 3.68. The SMILES string of the molecule is COc1ccc(C2N(c3cccc(C)c3)CCN2c2cccc(C)c2)cc1[N+](=O)[O-]. The van der Waals surface area contributed by atoms with Gasteiger partial charge in [-0.25, -0.2) is 0 Å². The van der Waals surface area contributed by atoms with E-state index in [4.69, 9.17) is 4.74 Å². The van der Waals surface area contributed by atoms with Gasteiger partial charge < -0.3 is 14.5 Å². The fourth-order valence-electron chi connectivity index (χ4n) is 4.15. The van der Waals surface area contributed by atoms with Gasteiger partial charge in [0.05, 0.1) is 12.0 Å². The zero-order valence-corrected chi connectivity index (χ0v) is 17.4. The quantitative estimate of drug-likeness (QED) is 0.430. The van der Waals surface area contributed by atoms with Crippen molar-refractivity contribution in [2.24, 2.45) is 0 Å². The third-order valence-electron chi connectivity index (χ3n) is 5.54. The number of nitro groups is 1. The molecule has 154 valence electrons. The van der Waals surface area contributed by atoms with Crippen LogP contribution in [0.25, 0.3) is 0 Å². The Kier molecular flexibility index (Phi) is 5.31. The molecule has 4 rings (SSSR count). The highest BCUT2D eigenvalue weighted by atomic mass is 16.6. The van der Waals surface area contributed by atoms with Crippen molar-refractivity contribution in [2.75, 3.05) is 30.0 Å². The summed E-state index contributed by atoms with van der Waals surface area (Å²) >= 11 is 0. The lowest BCUT2D eigenvalue weighted by atomic mass is 10.1. The van der Waals surface area contributed by atoms with Crippen LogP contribution in [0.5, 0.6) is 5.75 Å². The lowest BCUT2D eigenvalue weighted by molar-refractivity contribution is -0.385. The fourth-order valence-corrected chi connectivity index (χ4v) is 4.15. The molecular formula is C24H25N3O3. The minimum Gasteiger partial charge on any atom is -0.490 e. The van der Waals surface area contributed by atoms with Crippen LogP contribution in [0.4, 0.5) is 17.1 Å². The van der Waals surface area contributed by atoms with Gasteiger partial charge in [0.2, 0.25) is 0 Å². The van der Waals surface area contributed by atoms with E-state index in [1.54, 1.807) is 12.1 Å². The number of benzene rings is 3. The number of aryl methyl sites for hydroxylation is 2. The van der Waals surface area contributed by atoms with Gasteiger partial charge in [-0.2, -0.15) is 0 Å². The number of nitro benzene ring substituents is 1. The molecule has 0 N–H and O–H groups in total. The number of rotatable bonds is 5. The highest BCUT2D eigenvalue weighted by molar-refractivity contribution is 5.62. The van der Waals surface area contributed by atoms with E-state index in [9.17, 15) is 10.1 Å². The van der Waals surface area contributed by atoms with Gasteiger partial charge in [-0.05, 0) is 55.3 Å². The van der Waals surface area contributed by atoms with Crippen LogP contribution in [-0.2, 0) is 0 Å². The number of hydrogen-bond donors (Lipinski definition) is 0. The van der Waals surface area contributed by atoms with E-state index in [2.05, 4.69) is 60.0 Å². The summed E-state index contributed by atoms with van der Waals surface area (Å²) in [5.74, 6) is 0.269. The Morgan fingerprint density at radius 1 is 0.900 bits per heavy atom. The lowest BCUT2D eigenvalue weighted by Gasteiger charge is -2.33. The fraction of sp³-hybridized carbons (Fsp3) is 0.250. The van der Waals surface area contributed by atoms with Gasteiger partial charge in [0.25, 0.3) is 0 Å². The van der Waals surface area contributed by atoms with Gasteiger partial charge in [-0.3, -0.25) is 10.1 Å². The Hall–Kier alpha value is -3.54. The van der Waals surface area contributed by atoms with E-state index in [1.165, 1.54) is 18.2 Å². The van der Waals surface area contributed by atoms with Gasteiger partial charge >= 0.3 is 5.69 Å². The van der Waals surface area contributed by atoms with Crippen LogP contribution < -0.4 is 14.5 Å². The van der Waals surface area contributed by atoms with Gasteiger partial charge in [-0.15, -0.1) is 0 Å². The first-order valence-electron chi connectivity index (χ1n) is 9.97. The Morgan fingerprint density at radius 2 is 1.47 bits per heavy atom. The minimum absolute atomic E-state index is 0.0183. The number of hydrogen-bond acceptors (Lipinski definition) is 5. The minimum atomic E-state index is -0.384. The maximum absolute atomic E-state index is 11.6. The molecule has 3 aromatic rings. The molecule has 0 unspecified atom stereocenters. The summed E-state index contributed by atoms with van der Waals surface area (Å²) in [6.45, 7) is 5.79. The number of nitrogens with zero attached hydrogens (tertiary/aromatic N) is 3. The first-order valence-corrected chi connectivity index (χ1v) is 9.97. The third-order valence-corrected chi connectivity index (χ3v) is 5.54. The number of ether oxygens (including phenoxy) is 1. The van der Waals surface area contributed by atoms with Crippen molar-refractivity contribution in [3.63, 3.8) is 0 Å². The van der Waals surface area contributed by atoms with Crippen LogP contribution in [0.15, 0.2) is 66.7 Å². The Morgan fingerprint density at radius 3 is 1.93 bits per heavy atom. The molecule has 0 bridgehead atoms. The topological polar surface area (TPSA) is 58.8 Å². The molecular weight excluding hydrogens is 378 g/mol. The van der Waals surface area contributed by atoms with E-state index >= 15 is 0 Å². The number of methoxy groups -OCH3 is 1. The first kappa shape index (κ1) is 19.8. The molecule has 3 aromatic carbocycles. The largest absolute Gasteiger partial charge is 0.490 e. The molecule has 1 aliphatic rings. The predicted octanol–water partition coefficient (Wildman–Crippen LogP) is 5.25. The van der Waals surface area contributed by atoms with E-state index in [0.29, 0.717) is 0 Å². The van der Waals surface area contributed by atoms with Crippen LogP contribution in [0.1, 0.15) is 22.9 Å². The van der Waals surface area contributed by atoms with Crippen molar-refractivity contribution in [1.82, 2.24) is 0 Å². The molecule has 1 fully saturated rings. The Bertz CT molecular complexity index is 1030. The van der Waals surface area contributed by atoms with Gasteiger partial charge in [-0.1, -0.05) is 30.3 Å². The van der Waals surface area contributed by atoms with E-state index in [-0.39, 0.29) is 22.5 Å². The first-order chi connectivity index (χ1) is 14.5. The molecule has 6 heteroatoms. The summed E-state index contributed by atoms with van der Waals surface area (Å²) in [5, 5.41) is 11.6. The molecule has 1 saturated heterocycles. The standard InChI is InChI=1S/C24H25N3O3/c1-17-6-4-8-20(14-17)25-12-13-26(21-9-5-7-18(2)15-21)24(25)19-10-11-23(30-3)22(16-19)27(28)29/h4-11,14-16,24H,12-13H2,1-3H3. The summed E-state index contributed by atoms with van der Waals surface area (Å²) in [6, 6.07) is 22.0. The second-order valence-corrected chi connectivity index (χ2v) is 7.63. The molecule has 0 atom stereocenters. The molecule has 0 aliphatic carbocycles. The Labute approximate surface area is 176 Å². The summed E-state index contributed by atoms with van der Waals surface area (Å²) in [5.41, 5.74) is 5.42. The predicted molar refractivity (Wildman–Crippen MR) is 119 cm³/mol. The molecule has 0 spiro atoms. The average molecular weight is 403 g/mol. The van der Waals surface area contributed by atoms with Crippen LogP contribution in [0.2, 0.25) is 0 Å². The zero-order valence-electron chi connectivity index (χ0n) is 17.4. The molecule has 1 aliphatic heterocycles. The molecule has 1 heterocycles. The van der Waals surface area contributed by atoms with Crippen LogP contribution >= 0.6 is 0 Å². The van der Waals surface area contributed by atoms with Crippen LogP contribution in [0, 0.1) is 24.0 Å². The van der Waals surface area contributed by atoms with Gasteiger partial charge in [0.1, 0.15) is 6.17 Å². The molecule has 0 amide bonds. The van der Waals surface area contributed by atoms with Crippen molar-refractivity contribution in [1.29, 1.82) is 0 Å². The van der Waals surface area contributed by atoms with Crippen LogP contribution in [-0.4, -0.2) is 25.1 Å². The van der Waals surface area contributed by atoms with E-state index in [0.717, 1.165) is 30.0 Å². The normalized spacial score (nSPS) is 14.2. The average Bonchev–Trinajstić information content (AvgIpc) is 3.18. The molecule has 30 heavy (non-hydrogen) atoms. The van der Waals surface area contributed by atoms with Crippen molar-refractivity contribution >= 4 is 17.1 Å². The Balaban J connectivity index is 1.84. The van der Waals surface area contributed by atoms with E-state index < -0.39 is 0 Å². The van der Waals surface area contributed by atoms with Crippen molar-refractivity contribution < 1.29 is 9.66 Å². The maximum Gasteiger partial charge on any atom is 0.311 e. The highest BCUT2D eigenvalue weighted by Crippen LogP contribution is 2.40. The second-order valence-electron chi connectivity index (χ2n) is 7.63. The summed E-state index contributed by atoms with van der Waals surface area (Å²) in [6.07, 6.45) is -0.154. The van der Waals surface area contributed by atoms with Crippen LogP contribution in [0.3, 0.4) is 0 Å². The summed E-state index contributed by atoms with van der Waals surface area (Å²) < 4.78 is 5.21. The van der Waals surface area contributed by atoms with Crippen molar-refractivity contribution in [3.05, 3.63) is 93.5 Å². The zero-order chi connectivity index (χ0) is 21.3. The lowest BCUT2D eigenvalue weighted by Crippen LogP contribution is -2.31. The summed E-state index contributed by atoms with van der Waals surface area (Å²) in [4.78, 5) is 15.9. The van der Waals surface area contributed by atoms with Gasteiger partial charge in [0, 0.05) is 36.1 Å². The van der Waals surface area contributed by atoms with Crippen molar-refractivity contribution in [3.8, 4) is 5.75 Å². The number of anilines is 2. The smallest absolute Gasteiger partial charge is 0.311 e. The monoisotopic (exact) mass is 403 g/mol. The summed E-state index contributed by atoms with van der Waals surface area (Å²) in [7, 11) is 1.45. The molecule has 0 radical (unpaired) electrons. The van der Waals surface area contributed by atoms with Gasteiger partial charge in [0.15, 0.2) is 5.75 Å². The highest BCUT2D eigenvalue weighted by Gasteiger charge is 2.35. The molecule has 0 saturated carbocycles. The second kappa shape index (κ2) is 8.06. The molecule has 6 nitrogen and oxygen atoms in total.